The van der Waals surface area contributed by atoms with E-state index in [0.29, 0.717) is 17.9 Å². The van der Waals surface area contributed by atoms with E-state index >= 15 is 0 Å². The molecule has 0 aliphatic heterocycles. The highest BCUT2D eigenvalue weighted by molar-refractivity contribution is 5.96. The van der Waals surface area contributed by atoms with Crippen LogP contribution in [0.15, 0.2) is 30.5 Å². The topological polar surface area (TPSA) is 93.0 Å². The maximum atomic E-state index is 11.8. The zero-order valence-corrected chi connectivity index (χ0v) is 10.6. The highest BCUT2D eigenvalue weighted by atomic mass is 16.5. The molecule has 0 spiro atoms. The van der Waals surface area contributed by atoms with Crippen molar-refractivity contribution in [1.82, 2.24) is 15.5 Å². The van der Waals surface area contributed by atoms with Crippen molar-refractivity contribution in [3.63, 3.8) is 0 Å². The van der Waals surface area contributed by atoms with Gasteiger partial charge in [-0.25, -0.2) is 0 Å². The van der Waals surface area contributed by atoms with E-state index in [2.05, 4.69) is 15.5 Å². The summed E-state index contributed by atoms with van der Waals surface area (Å²) in [5, 5.41) is 9.05. The second kappa shape index (κ2) is 5.90. The number of H-pyrrole nitrogens is 1. The Hall–Kier alpha value is -2.50. The average molecular weight is 260 g/mol. The molecule has 1 heterocycles. The average Bonchev–Trinajstić information content (AvgIpc) is 2.85. The van der Waals surface area contributed by atoms with E-state index in [1.54, 1.807) is 7.11 Å². The summed E-state index contributed by atoms with van der Waals surface area (Å²) in [6.45, 7) is 0.518. The Morgan fingerprint density at radius 1 is 1.53 bits per heavy atom. The largest absolute Gasteiger partial charge is 0.497 e. The van der Waals surface area contributed by atoms with Gasteiger partial charge in [0.15, 0.2) is 0 Å². The van der Waals surface area contributed by atoms with Crippen molar-refractivity contribution in [2.24, 2.45) is 0 Å². The molecule has 0 bridgehead atoms. The number of aromatic nitrogens is 2. The monoisotopic (exact) mass is 260 g/mol. The molecule has 1 aromatic heterocycles. The third-order valence-corrected chi connectivity index (χ3v) is 2.73. The van der Waals surface area contributed by atoms with Gasteiger partial charge in [0.1, 0.15) is 11.4 Å². The summed E-state index contributed by atoms with van der Waals surface area (Å²) in [6, 6.07) is 7.73. The van der Waals surface area contributed by atoms with Crippen molar-refractivity contribution in [3.8, 4) is 5.75 Å². The fourth-order valence-corrected chi connectivity index (χ4v) is 1.71. The van der Waals surface area contributed by atoms with Crippen LogP contribution in [0.5, 0.6) is 5.75 Å². The molecule has 0 saturated carbocycles. The van der Waals surface area contributed by atoms with E-state index in [1.807, 2.05) is 24.3 Å². The Balaban J connectivity index is 1.86. The van der Waals surface area contributed by atoms with Gasteiger partial charge in [-0.15, -0.1) is 0 Å². The van der Waals surface area contributed by atoms with Crippen LogP contribution < -0.4 is 15.8 Å². The van der Waals surface area contributed by atoms with Gasteiger partial charge >= 0.3 is 0 Å². The molecule has 2 aromatic rings. The highest BCUT2D eigenvalue weighted by Gasteiger charge is 2.10. The number of nitrogens with zero attached hydrogens (tertiary/aromatic N) is 1. The maximum absolute atomic E-state index is 11.8. The second-order valence-corrected chi connectivity index (χ2v) is 4.06. The first-order valence-corrected chi connectivity index (χ1v) is 5.90. The minimum absolute atomic E-state index is 0.252. The van der Waals surface area contributed by atoms with Crippen molar-refractivity contribution in [3.05, 3.63) is 41.7 Å². The first-order valence-electron chi connectivity index (χ1n) is 5.90. The zero-order chi connectivity index (χ0) is 13.7. The van der Waals surface area contributed by atoms with Gasteiger partial charge in [0.2, 0.25) is 0 Å². The first kappa shape index (κ1) is 12.9. The van der Waals surface area contributed by atoms with Crippen LogP contribution in [0, 0.1) is 0 Å². The van der Waals surface area contributed by atoms with Gasteiger partial charge in [-0.05, 0) is 24.1 Å². The summed E-state index contributed by atoms with van der Waals surface area (Å²) in [5.74, 6) is 0.555. The lowest BCUT2D eigenvalue weighted by Gasteiger charge is -2.06. The van der Waals surface area contributed by atoms with E-state index in [-0.39, 0.29) is 5.91 Å². The van der Waals surface area contributed by atoms with Gasteiger partial charge in [0.25, 0.3) is 5.91 Å². The standard InChI is InChI=1S/C13H16N4O2/c1-19-10-4-2-3-9(7-10)5-6-15-13(18)12-11(14)8-16-17-12/h2-4,7-8H,5-6,14H2,1H3,(H,15,18)(H,16,17). The van der Waals surface area contributed by atoms with Gasteiger partial charge in [-0.1, -0.05) is 12.1 Å². The number of hydrogen-bond donors (Lipinski definition) is 3. The molecular weight excluding hydrogens is 244 g/mol. The Kier molecular flexibility index (Phi) is 4.02. The molecule has 0 unspecified atom stereocenters. The van der Waals surface area contributed by atoms with E-state index in [1.165, 1.54) is 6.20 Å². The minimum atomic E-state index is -0.252. The molecule has 4 N–H and O–H groups in total. The number of rotatable bonds is 5. The second-order valence-electron chi connectivity index (χ2n) is 4.06. The fraction of sp³-hybridized carbons (Fsp3) is 0.231. The summed E-state index contributed by atoms with van der Waals surface area (Å²) in [6.07, 6.45) is 2.13. The molecule has 19 heavy (non-hydrogen) atoms. The summed E-state index contributed by atoms with van der Waals surface area (Å²) < 4.78 is 5.14. The predicted molar refractivity (Wildman–Crippen MR) is 72.0 cm³/mol. The van der Waals surface area contributed by atoms with Crippen LogP contribution in [0.25, 0.3) is 0 Å². The van der Waals surface area contributed by atoms with E-state index in [0.717, 1.165) is 17.7 Å². The molecule has 1 aromatic carbocycles. The molecular formula is C13H16N4O2. The molecule has 0 aliphatic rings. The molecule has 0 radical (unpaired) electrons. The van der Waals surface area contributed by atoms with Gasteiger partial charge in [-0.3, -0.25) is 9.89 Å². The van der Waals surface area contributed by atoms with Gasteiger partial charge in [-0.2, -0.15) is 5.10 Å². The smallest absolute Gasteiger partial charge is 0.271 e. The number of carbonyl (C=O) groups excluding carboxylic acids is 1. The third kappa shape index (κ3) is 3.25. The number of nitrogens with one attached hydrogen (secondary N) is 2. The number of benzene rings is 1. The van der Waals surface area contributed by atoms with Gasteiger partial charge in [0, 0.05) is 6.54 Å². The molecule has 0 saturated heterocycles. The molecule has 6 heteroatoms. The summed E-state index contributed by atoms with van der Waals surface area (Å²) in [5.41, 5.74) is 7.33. The molecule has 100 valence electrons. The number of methoxy groups -OCH3 is 1. The number of carbonyl (C=O) groups is 1. The van der Waals surface area contributed by atoms with Gasteiger partial charge < -0.3 is 15.8 Å². The highest BCUT2D eigenvalue weighted by Crippen LogP contribution is 2.12. The number of ether oxygens (including phenoxy) is 1. The van der Waals surface area contributed by atoms with Gasteiger partial charge in [0.05, 0.1) is 19.0 Å². The first-order chi connectivity index (χ1) is 9.20. The zero-order valence-electron chi connectivity index (χ0n) is 10.6. The molecule has 0 atom stereocenters. The Morgan fingerprint density at radius 3 is 3.05 bits per heavy atom. The molecule has 2 rings (SSSR count). The Bertz CT molecular complexity index is 565. The molecule has 1 amide bonds. The number of nitrogen functional groups attached to an aromatic ring is 1. The number of aromatic amines is 1. The van der Waals surface area contributed by atoms with E-state index < -0.39 is 0 Å². The third-order valence-electron chi connectivity index (χ3n) is 2.73. The molecule has 0 fully saturated rings. The lowest BCUT2D eigenvalue weighted by Crippen LogP contribution is -2.26. The fourth-order valence-electron chi connectivity index (χ4n) is 1.71. The van der Waals surface area contributed by atoms with Crippen molar-refractivity contribution in [2.75, 3.05) is 19.4 Å². The lowest BCUT2D eigenvalue weighted by molar-refractivity contribution is 0.0950. The Labute approximate surface area is 111 Å². The van der Waals surface area contributed by atoms with Crippen LogP contribution in [-0.2, 0) is 6.42 Å². The van der Waals surface area contributed by atoms with Crippen molar-refractivity contribution in [1.29, 1.82) is 0 Å². The van der Waals surface area contributed by atoms with E-state index in [4.69, 9.17) is 10.5 Å². The Morgan fingerprint density at radius 2 is 2.37 bits per heavy atom. The van der Waals surface area contributed by atoms with Crippen LogP contribution >= 0.6 is 0 Å². The van der Waals surface area contributed by atoms with Crippen molar-refractivity contribution in [2.45, 2.75) is 6.42 Å². The van der Waals surface area contributed by atoms with E-state index in [9.17, 15) is 4.79 Å². The quantitative estimate of drug-likeness (QED) is 0.747. The number of anilines is 1. The number of nitrogens with two attached hydrogens (primary N) is 1. The van der Waals surface area contributed by atoms with Crippen LogP contribution in [0.1, 0.15) is 16.1 Å². The number of hydrogen-bond acceptors (Lipinski definition) is 4. The lowest BCUT2D eigenvalue weighted by atomic mass is 10.1. The SMILES string of the molecule is COc1cccc(CCNC(=O)c2[nH]ncc2N)c1. The summed E-state index contributed by atoms with van der Waals surface area (Å²) in [7, 11) is 1.63. The number of amides is 1. The van der Waals surface area contributed by atoms with Crippen molar-refractivity contribution >= 4 is 11.6 Å². The normalized spacial score (nSPS) is 10.2. The minimum Gasteiger partial charge on any atom is -0.497 e. The van der Waals surface area contributed by atoms with Crippen LogP contribution in [0.3, 0.4) is 0 Å². The van der Waals surface area contributed by atoms with Crippen LogP contribution in [0.4, 0.5) is 5.69 Å². The summed E-state index contributed by atoms with van der Waals surface area (Å²) in [4.78, 5) is 11.8. The van der Waals surface area contributed by atoms with Crippen molar-refractivity contribution < 1.29 is 9.53 Å². The molecule has 6 nitrogen and oxygen atoms in total. The molecule has 0 aliphatic carbocycles. The summed E-state index contributed by atoms with van der Waals surface area (Å²) >= 11 is 0. The van der Waals surface area contributed by atoms with Crippen LogP contribution in [0.2, 0.25) is 0 Å². The maximum Gasteiger partial charge on any atom is 0.271 e. The predicted octanol–water partition coefficient (Wildman–Crippen LogP) is 0.973. The van der Waals surface area contributed by atoms with Crippen LogP contribution in [-0.4, -0.2) is 29.8 Å².